The molecule has 0 bridgehead atoms. The molecule has 0 saturated heterocycles. The summed E-state index contributed by atoms with van der Waals surface area (Å²) >= 11 is 6.29. The van der Waals surface area contributed by atoms with E-state index >= 15 is 0 Å². The third kappa shape index (κ3) is 9.73. The van der Waals surface area contributed by atoms with Crippen molar-refractivity contribution in [2.75, 3.05) is 13.7 Å². The van der Waals surface area contributed by atoms with E-state index in [0.717, 1.165) is 19.3 Å². The molecule has 0 heterocycles. The summed E-state index contributed by atoms with van der Waals surface area (Å²) in [6.07, 6.45) is 9.26. The molecule has 0 amide bonds. The van der Waals surface area contributed by atoms with E-state index in [1.165, 1.54) is 39.2 Å². The van der Waals surface area contributed by atoms with Crippen molar-refractivity contribution in [3.05, 3.63) is 64.7 Å². The zero-order valence-corrected chi connectivity index (χ0v) is 21.9. The highest BCUT2D eigenvalue weighted by molar-refractivity contribution is 7.00. The van der Waals surface area contributed by atoms with E-state index in [1.807, 2.05) is 6.07 Å². The van der Waals surface area contributed by atoms with Crippen molar-refractivity contribution in [3.8, 4) is 5.75 Å². The number of halogens is 1. The molecular weight excluding hydrogens is 459 g/mol. The van der Waals surface area contributed by atoms with Gasteiger partial charge in [0.05, 0.1) is 33.4 Å². The summed E-state index contributed by atoms with van der Waals surface area (Å²) in [5.74, 6) is -1.71. The Bertz CT molecular complexity index is 844. The largest absolute Gasteiger partial charge is 0.496 e. The van der Waals surface area contributed by atoms with Crippen LogP contribution < -0.4 is 4.74 Å². The Kier molecular flexibility index (Phi) is 15.2. The standard InChI is InChI=1S/C26H33ClO4.H3OP/c1-3-4-5-6-7-8-9-13-19-31-26(29)23(20-15-11-10-12-16-20)25(28)24-21(27)17-14-18-22(24)30-2;1-2/h10-12,14-18,23H,3-9,13,19H2,1-2H3;2H3. The van der Waals surface area contributed by atoms with Gasteiger partial charge in [-0.15, -0.1) is 0 Å². The predicted molar refractivity (Wildman–Crippen MR) is 137 cm³/mol. The highest BCUT2D eigenvalue weighted by Crippen LogP contribution is 2.32. The molecule has 0 saturated carbocycles. The highest BCUT2D eigenvalue weighted by atomic mass is 35.5. The van der Waals surface area contributed by atoms with Crippen molar-refractivity contribution in [2.45, 2.75) is 64.2 Å². The fraction of sp³-hybridized carbons (Fsp3) is 0.462. The molecule has 0 N–H and O–H groups in total. The Morgan fingerprint density at radius 3 is 2.09 bits per heavy atom. The summed E-state index contributed by atoms with van der Waals surface area (Å²) in [6, 6.07) is 13.9. The average Bonchev–Trinajstić information content (AvgIpc) is 2.84. The normalized spacial score (nSPS) is 11.2. The lowest BCUT2D eigenvalue weighted by atomic mass is 9.90. The van der Waals surface area contributed by atoms with Crippen LogP contribution in [0.15, 0.2) is 48.5 Å². The molecule has 33 heavy (non-hydrogen) atoms. The third-order valence-corrected chi connectivity index (χ3v) is 5.63. The smallest absolute Gasteiger partial charge is 0.321 e. The van der Waals surface area contributed by atoms with Gasteiger partial charge in [-0.3, -0.25) is 9.59 Å². The second-order valence-electron chi connectivity index (χ2n) is 7.67. The summed E-state index contributed by atoms with van der Waals surface area (Å²) in [4.78, 5) is 26.3. The molecule has 182 valence electrons. The van der Waals surface area contributed by atoms with E-state index in [0.29, 0.717) is 27.0 Å². The van der Waals surface area contributed by atoms with Crippen LogP contribution >= 0.6 is 20.7 Å². The van der Waals surface area contributed by atoms with Crippen LogP contribution in [0.5, 0.6) is 5.75 Å². The molecule has 0 aliphatic rings. The predicted octanol–water partition coefficient (Wildman–Crippen LogP) is 6.94. The molecule has 0 spiro atoms. The summed E-state index contributed by atoms with van der Waals surface area (Å²) in [7, 11) is 2.08. The lowest BCUT2D eigenvalue weighted by Crippen LogP contribution is -2.25. The van der Waals surface area contributed by atoms with Crippen molar-refractivity contribution in [1.82, 2.24) is 0 Å². The van der Waals surface area contributed by atoms with Gasteiger partial charge in [-0.25, -0.2) is 0 Å². The number of carbonyl (C=O) groups excluding carboxylic acids is 2. The number of unbranched alkanes of at least 4 members (excludes halogenated alkanes) is 7. The highest BCUT2D eigenvalue weighted by Gasteiger charge is 2.33. The molecule has 2 atom stereocenters. The van der Waals surface area contributed by atoms with E-state index in [1.54, 1.807) is 42.5 Å². The van der Waals surface area contributed by atoms with E-state index in [4.69, 9.17) is 25.6 Å². The van der Waals surface area contributed by atoms with Gasteiger partial charge in [-0.2, -0.15) is 0 Å². The summed E-state index contributed by atoms with van der Waals surface area (Å²) in [5, 5.41) is 0.251. The van der Waals surface area contributed by atoms with Crippen molar-refractivity contribution in [1.29, 1.82) is 0 Å². The maximum absolute atomic E-state index is 13.4. The van der Waals surface area contributed by atoms with Gasteiger partial charge >= 0.3 is 5.97 Å². The zero-order chi connectivity index (χ0) is 24.5. The number of methoxy groups -OCH3 is 1. The Morgan fingerprint density at radius 2 is 1.48 bits per heavy atom. The Balaban J connectivity index is 0.00000265. The van der Waals surface area contributed by atoms with E-state index in [9.17, 15) is 9.59 Å². The van der Waals surface area contributed by atoms with Crippen LogP contribution in [-0.2, 0) is 14.1 Å². The first-order valence-electron chi connectivity index (χ1n) is 11.5. The Hall–Kier alpha value is -2.10. The van der Waals surface area contributed by atoms with Gasteiger partial charge in [0.25, 0.3) is 0 Å². The van der Waals surface area contributed by atoms with Gasteiger partial charge in [0.1, 0.15) is 11.7 Å². The molecule has 0 aliphatic carbocycles. The van der Waals surface area contributed by atoms with Crippen molar-refractivity contribution in [2.24, 2.45) is 0 Å². The molecule has 2 aromatic rings. The molecule has 2 rings (SSSR count). The number of Topliss-reactive ketones (excluding diaryl/α,β-unsaturated/α-hetero) is 1. The molecular formula is C26H36ClO5P. The minimum absolute atomic E-state index is 0.199. The van der Waals surface area contributed by atoms with Gasteiger partial charge < -0.3 is 14.0 Å². The molecule has 2 unspecified atom stereocenters. The second kappa shape index (κ2) is 17.4. The number of benzene rings is 2. The summed E-state index contributed by atoms with van der Waals surface area (Å²) in [6.45, 7) is 2.52. The lowest BCUT2D eigenvalue weighted by molar-refractivity contribution is -0.144. The Morgan fingerprint density at radius 1 is 0.879 bits per heavy atom. The van der Waals surface area contributed by atoms with Gasteiger partial charge in [0, 0.05) is 0 Å². The van der Waals surface area contributed by atoms with Crippen LogP contribution in [0.3, 0.4) is 0 Å². The van der Waals surface area contributed by atoms with Crippen LogP contribution in [0.2, 0.25) is 5.02 Å². The lowest BCUT2D eigenvalue weighted by Gasteiger charge is -2.18. The number of ketones is 1. The summed E-state index contributed by atoms with van der Waals surface area (Å²) < 4.78 is 19.1. The minimum Gasteiger partial charge on any atom is -0.496 e. The Labute approximate surface area is 204 Å². The zero-order valence-electron chi connectivity index (χ0n) is 19.7. The van der Waals surface area contributed by atoms with Gasteiger partial charge in [0.15, 0.2) is 5.78 Å². The average molecular weight is 495 g/mol. The van der Waals surface area contributed by atoms with E-state index < -0.39 is 17.7 Å². The molecule has 2 aromatic carbocycles. The molecule has 0 aliphatic heterocycles. The summed E-state index contributed by atoms with van der Waals surface area (Å²) in [5.41, 5.74) is 0.778. The fourth-order valence-corrected chi connectivity index (χ4v) is 3.85. The van der Waals surface area contributed by atoms with Gasteiger partial charge in [-0.1, -0.05) is 99.9 Å². The van der Waals surface area contributed by atoms with Crippen LogP contribution in [0.4, 0.5) is 0 Å². The number of esters is 1. The molecule has 0 aromatic heterocycles. The molecule has 7 heteroatoms. The van der Waals surface area contributed by atoms with Crippen LogP contribution in [0.1, 0.15) is 80.1 Å². The first-order chi connectivity index (χ1) is 16.1. The maximum atomic E-state index is 13.4. The number of carbonyl (C=O) groups is 2. The van der Waals surface area contributed by atoms with Crippen molar-refractivity contribution < 1.29 is 23.6 Å². The molecule has 5 nitrogen and oxygen atoms in total. The number of rotatable bonds is 14. The SMILES string of the molecule is CCCCCCCCCCOC(=O)C(C(=O)c1c(Cl)cccc1OC)c1ccccc1.O=[PH3]. The molecule has 0 fully saturated rings. The van der Waals surface area contributed by atoms with Gasteiger partial charge in [-0.05, 0) is 24.1 Å². The van der Waals surface area contributed by atoms with E-state index in [-0.39, 0.29) is 10.6 Å². The minimum atomic E-state index is -1.08. The van der Waals surface area contributed by atoms with Gasteiger partial charge in [0.2, 0.25) is 0 Å². The number of ether oxygens (including phenoxy) is 2. The maximum Gasteiger partial charge on any atom is 0.321 e. The van der Waals surface area contributed by atoms with Crippen molar-refractivity contribution in [3.63, 3.8) is 0 Å². The van der Waals surface area contributed by atoms with Crippen molar-refractivity contribution >= 4 is 32.5 Å². The van der Waals surface area contributed by atoms with Crippen LogP contribution in [0.25, 0.3) is 0 Å². The number of hydrogen-bond donors (Lipinski definition) is 0. The van der Waals surface area contributed by atoms with Crippen LogP contribution in [0, 0.1) is 0 Å². The third-order valence-electron chi connectivity index (χ3n) is 5.31. The fourth-order valence-electron chi connectivity index (χ4n) is 3.59. The topological polar surface area (TPSA) is 69.7 Å². The first-order valence-corrected chi connectivity index (χ1v) is 12.4. The quantitative estimate of drug-likeness (QED) is 0.0935. The van der Waals surface area contributed by atoms with E-state index in [2.05, 4.69) is 6.92 Å². The second-order valence-corrected chi connectivity index (χ2v) is 8.07. The first kappa shape index (κ1) is 28.9. The molecule has 0 radical (unpaired) electrons. The number of hydrogen-bond acceptors (Lipinski definition) is 5. The van der Waals surface area contributed by atoms with Crippen LogP contribution in [-0.4, -0.2) is 25.5 Å². The monoisotopic (exact) mass is 494 g/mol.